The molecule has 0 aliphatic heterocycles. The molecule has 0 radical (unpaired) electrons. The number of anilines is 1. The van der Waals surface area contributed by atoms with Crippen molar-refractivity contribution < 1.29 is 14.0 Å². The molecule has 2 aromatic rings. The first-order valence-electron chi connectivity index (χ1n) is 6.66. The second-order valence-electron chi connectivity index (χ2n) is 4.58. The fraction of sp³-hybridized carbons (Fsp3) is 0.0625. The van der Waals surface area contributed by atoms with Crippen LogP contribution in [0.2, 0.25) is 5.02 Å². The highest BCUT2D eigenvalue weighted by atomic mass is 35.5. The molecule has 2 amide bonds. The minimum absolute atomic E-state index is 0.356. The Balaban J connectivity index is 1.78. The molecule has 0 unspecified atom stereocenters. The zero-order chi connectivity index (χ0) is 16.7. The number of amides is 2. The number of hydrogen-bond donors (Lipinski definition) is 2. The highest BCUT2D eigenvalue weighted by molar-refractivity contribution is 6.30. The number of rotatable bonds is 5. The van der Waals surface area contributed by atoms with E-state index in [9.17, 15) is 14.0 Å². The molecule has 0 bridgehead atoms. The average molecular weight is 334 g/mol. The molecule has 0 aromatic heterocycles. The van der Waals surface area contributed by atoms with E-state index in [-0.39, 0.29) is 12.2 Å². The van der Waals surface area contributed by atoms with Crippen molar-refractivity contribution in [3.8, 4) is 0 Å². The van der Waals surface area contributed by atoms with Crippen LogP contribution in [0, 0.1) is 5.82 Å². The molecular weight excluding hydrogens is 321 g/mol. The highest BCUT2D eigenvalue weighted by Gasteiger charge is 2.08. The van der Waals surface area contributed by atoms with Crippen molar-refractivity contribution in [2.24, 2.45) is 5.10 Å². The summed E-state index contributed by atoms with van der Waals surface area (Å²) in [6.45, 7) is 0. The molecule has 5 nitrogen and oxygen atoms in total. The number of hydrogen-bond acceptors (Lipinski definition) is 3. The number of nitrogens with zero attached hydrogens (tertiary/aromatic N) is 1. The van der Waals surface area contributed by atoms with Gasteiger partial charge < -0.3 is 5.32 Å². The molecule has 7 heteroatoms. The average Bonchev–Trinajstić information content (AvgIpc) is 2.51. The molecule has 2 rings (SSSR count). The van der Waals surface area contributed by atoms with Gasteiger partial charge in [0.25, 0.3) is 0 Å². The lowest BCUT2D eigenvalue weighted by atomic mass is 10.2. The lowest BCUT2D eigenvalue weighted by molar-refractivity contribution is -0.126. The number of halogens is 2. The van der Waals surface area contributed by atoms with E-state index in [0.29, 0.717) is 16.3 Å². The van der Waals surface area contributed by atoms with Crippen LogP contribution < -0.4 is 10.7 Å². The molecule has 0 atom stereocenters. The molecule has 118 valence electrons. The Morgan fingerprint density at radius 3 is 2.35 bits per heavy atom. The molecule has 0 fully saturated rings. The van der Waals surface area contributed by atoms with Gasteiger partial charge in [-0.1, -0.05) is 23.7 Å². The van der Waals surface area contributed by atoms with Crippen molar-refractivity contribution in [3.05, 3.63) is 64.9 Å². The summed E-state index contributed by atoms with van der Waals surface area (Å²) in [5.74, 6) is -1.39. The van der Waals surface area contributed by atoms with Gasteiger partial charge in [0.2, 0.25) is 11.8 Å². The van der Waals surface area contributed by atoms with Crippen molar-refractivity contribution in [1.82, 2.24) is 5.43 Å². The Labute approximate surface area is 137 Å². The fourth-order valence-electron chi connectivity index (χ4n) is 1.65. The van der Waals surface area contributed by atoms with Crippen LogP contribution >= 0.6 is 11.6 Å². The quantitative estimate of drug-likeness (QED) is 0.501. The summed E-state index contributed by atoms with van der Waals surface area (Å²) >= 11 is 5.74. The maximum Gasteiger partial charge on any atom is 0.249 e. The van der Waals surface area contributed by atoms with Gasteiger partial charge in [-0.25, -0.2) is 9.82 Å². The number of nitrogens with one attached hydrogen (secondary N) is 2. The smallest absolute Gasteiger partial charge is 0.249 e. The lowest BCUT2D eigenvalue weighted by Crippen LogP contribution is -2.24. The Kier molecular flexibility index (Phi) is 5.82. The van der Waals surface area contributed by atoms with E-state index in [1.54, 1.807) is 24.3 Å². The largest absolute Gasteiger partial charge is 0.326 e. The van der Waals surface area contributed by atoms with Gasteiger partial charge in [0.15, 0.2) is 0 Å². The third-order valence-electron chi connectivity index (χ3n) is 2.72. The zero-order valence-corrected chi connectivity index (χ0v) is 12.7. The Morgan fingerprint density at radius 2 is 1.70 bits per heavy atom. The molecule has 0 spiro atoms. The normalized spacial score (nSPS) is 10.5. The summed E-state index contributed by atoms with van der Waals surface area (Å²) < 4.78 is 12.7. The number of benzene rings is 2. The SMILES string of the molecule is O=C(CC(=O)Nc1ccc(Cl)cc1)NN=Cc1ccc(F)cc1. The van der Waals surface area contributed by atoms with Crippen LogP contribution in [0.4, 0.5) is 10.1 Å². The maximum absolute atomic E-state index is 12.7. The van der Waals surface area contributed by atoms with Gasteiger partial charge in [-0.3, -0.25) is 9.59 Å². The number of hydrazone groups is 1. The topological polar surface area (TPSA) is 70.6 Å². The van der Waals surface area contributed by atoms with Crippen LogP contribution in [0.5, 0.6) is 0 Å². The lowest BCUT2D eigenvalue weighted by Gasteiger charge is -2.04. The van der Waals surface area contributed by atoms with E-state index in [4.69, 9.17) is 11.6 Å². The maximum atomic E-state index is 12.7. The van der Waals surface area contributed by atoms with Crippen molar-refractivity contribution in [2.45, 2.75) is 6.42 Å². The molecule has 2 aromatic carbocycles. The summed E-state index contributed by atoms with van der Waals surface area (Å²) in [6, 6.07) is 12.1. The molecule has 0 aliphatic carbocycles. The van der Waals surface area contributed by atoms with Crippen LogP contribution in [0.1, 0.15) is 12.0 Å². The summed E-state index contributed by atoms with van der Waals surface area (Å²) in [5.41, 5.74) is 3.39. The standard InChI is InChI=1S/C16H13ClFN3O2/c17-12-3-7-14(8-4-12)20-15(22)9-16(23)21-19-10-11-1-5-13(18)6-2-11/h1-8,10H,9H2,(H,20,22)(H,21,23). The summed E-state index contributed by atoms with van der Waals surface area (Å²) in [6.07, 6.45) is 0.984. The van der Waals surface area contributed by atoms with Gasteiger partial charge in [0.05, 0.1) is 6.21 Å². The third-order valence-corrected chi connectivity index (χ3v) is 2.97. The van der Waals surface area contributed by atoms with Gasteiger partial charge in [-0.2, -0.15) is 5.10 Å². The van der Waals surface area contributed by atoms with Gasteiger partial charge in [0.1, 0.15) is 12.2 Å². The van der Waals surface area contributed by atoms with Crippen molar-refractivity contribution in [1.29, 1.82) is 0 Å². The van der Waals surface area contributed by atoms with E-state index < -0.39 is 11.8 Å². The molecule has 0 aliphatic rings. The Hall–Kier alpha value is -2.73. The van der Waals surface area contributed by atoms with Gasteiger partial charge in [-0.15, -0.1) is 0 Å². The third kappa shape index (κ3) is 5.88. The fourth-order valence-corrected chi connectivity index (χ4v) is 1.78. The predicted molar refractivity (Wildman–Crippen MR) is 86.8 cm³/mol. The van der Waals surface area contributed by atoms with Crippen LogP contribution in [0.25, 0.3) is 0 Å². The highest BCUT2D eigenvalue weighted by Crippen LogP contribution is 2.13. The number of carbonyl (C=O) groups is 2. The summed E-state index contributed by atoms with van der Waals surface area (Å²) in [5, 5.41) is 6.81. The molecule has 23 heavy (non-hydrogen) atoms. The van der Waals surface area contributed by atoms with Gasteiger partial charge in [-0.05, 0) is 42.0 Å². The molecule has 0 saturated carbocycles. The van der Waals surface area contributed by atoms with E-state index in [0.717, 1.165) is 0 Å². The summed E-state index contributed by atoms with van der Waals surface area (Å²) in [4.78, 5) is 23.3. The van der Waals surface area contributed by atoms with E-state index in [2.05, 4.69) is 15.8 Å². The van der Waals surface area contributed by atoms with E-state index in [1.165, 1.54) is 30.5 Å². The minimum atomic E-state index is -0.560. The second-order valence-corrected chi connectivity index (χ2v) is 5.01. The van der Waals surface area contributed by atoms with Crippen molar-refractivity contribution in [3.63, 3.8) is 0 Å². The van der Waals surface area contributed by atoms with E-state index >= 15 is 0 Å². The summed E-state index contributed by atoms with van der Waals surface area (Å²) in [7, 11) is 0. The second kappa shape index (κ2) is 8.05. The first-order chi connectivity index (χ1) is 11.0. The van der Waals surface area contributed by atoms with Crippen molar-refractivity contribution in [2.75, 3.05) is 5.32 Å². The van der Waals surface area contributed by atoms with Gasteiger partial charge >= 0.3 is 0 Å². The zero-order valence-electron chi connectivity index (χ0n) is 11.9. The monoisotopic (exact) mass is 333 g/mol. The Bertz CT molecular complexity index is 715. The number of carbonyl (C=O) groups excluding carboxylic acids is 2. The first kappa shape index (κ1) is 16.6. The van der Waals surface area contributed by atoms with Crippen LogP contribution in [-0.4, -0.2) is 18.0 Å². The molecule has 0 saturated heterocycles. The van der Waals surface area contributed by atoms with Gasteiger partial charge in [0, 0.05) is 10.7 Å². The first-order valence-corrected chi connectivity index (χ1v) is 7.03. The van der Waals surface area contributed by atoms with Crippen LogP contribution in [-0.2, 0) is 9.59 Å². The Morgan fingerprint density at radius 1 is 1.04 bits per heavy atom. The minimum Gasteiger partial charge on any atom is -0.326 e. The predicted octanol–water partition coefficient (Wildman–Crippen LogP) is 2.96. The molecule has 0 heterocycles. The van der Waals surface area contributed by atoms with Crippen LogP contribution in [0.3, 0.4) is 0 Å². The molecular formula is C16H13ClFN3O2. The molecule has 2 N–H and O–H groups in total. The van der Waals surface area contributed by atoms with E-state index in [1.807, 2.05) is 0 Å². The van der Waals surface area contributed by atoms with Crippen molar-refractivity contribution >= 4 is 35.3 Å². The van der Waals surface area contributed by atoms with Crippen LogP contribution in [0.15, 0.2) is 53.6 Å².